The minimum atomic E-state index is -1.21. The van der Waals surface area contributed by atoms with Gasteiger partial charge in [0.2, 0.25) is 5.91 Å². The fraction of sp³-hybridized carbons (Fsp3) is 0.727. The molecule has 0 rings (SSSR count). The Morgan fingerprint density at radius 3 is 2.42 bits per heavy atom. The third kappa shape index (κ3) is 7.24. The zero-order valence-corrected chi connectivity index (χ0v) is 11.0. The summed E-state index contributed by atoms with van der Waals surface area (Å²) in [5.74, 6) is -1.83. The molecule has 0 saturated carbocycles. The lowest BCUT2D eigenvalue weighted by Crippen LogP contribution is -2.48. The number of primary amides is 1. The smallest absolute Gasteiger partial charge is 0.326 e. The van der Waals surface area contributed by atoms with Crippen molar-refractivity contribution in [3.63, 3.8) is 0 Å². The van der Waals surface area contributed by atoms with Crippen LogP contribution in [-0.4, -0.2) is 58.8 Å². The maximum Gasteiger partial charge on any atom is 0.326 e. The molecule has 1 atom stereocenters. The molecule has 3 amide bonds. The number of amides is 3. The quantitative estimate of drug-likeness (QED) is 0.433. The summed E-state index contributed by atoms with van der Waals surface area (Å²) in [6.07, 6.45) is 0.258. The van der Waals surface area contributed by atoms with Crippen molar-refractivity contribution in [1.29, 1.82) is 0 Å². The maximum absolute atomic E-state index is 11.8. The summed E-state index contributed by atoms with van der Waals surface area (Å²) >= 11 is 0. The molecule has 0 heterocycles. The van der Waals surface area contributed by atoms with Crippen molar-refractivity contribution in [3.8, 4) is 0 Å². The predicted octanol–water partition coefficient (Wildman–Crippen LogP) is -0.881. The van der Waals surface area contributed by atoms with E-state index in [-0.39, 0.29) is 19.4 Å². The van der Waals surface area contributed by atoms with Crippen LogP contribution < -0.4 is 11.1 Å². The Hall–Kier alpha value is -1.83. The predicted molar refractivity (Wildman–Crippen MR) is 67.3 cm³/mol. The van der Waals surface area contributed by atoms with Crippen molar-refractivity contribution >= 4 is 17.9 Å². The van der Waals surface area contributed by atoms with Crippen LogP contribution >= 0.6 is 0 Å². The van der Waals surface area contributed by atoms with Crippen molar-refractivity contribution in [2.24, 2.45) is 5.73 Å². The lowest BCUT2D eigenvalue weighted by molar-refractivity contribution is -0.139. The minimum absolute atomic E-state index is 0.0477. The summed E-state index contributed by atoms with van der Waals surface area (Å²) in [7, 11) is 0. The van der Waals surface area contributed by atoms with Crippen LogP contribution in [0.25, 0.3) is 0 Å². The van der Waals surface area contributed by atoms with Gasteiger partial charge in [-0.05, 0) is 19.8 Å². The number of aliphatic hydroxyl groups excluding tert-OH is 1. The maximum atomic E-state index is 11.8. The topological polar surface area (TPSA) is 133 Å². The van der Waals surface area contributed by atoms with Crippen LogP contribution in [0.5, 0.6) is 0 Å². The molecule has 0 aromatic rings. The molecule has 0 fully saturated rings. The van der Waals surface area contributed by atoms with E-state index in [1.807, 2.05) is 0 Å². The summed E-state index contributed by atoms with van der Waals surface area (Å²) in [5.41, 5.74) is 4.94. The van der Waals surface area contributed by atoms with Crippen LogP contribution in [-0.2, 0) is 9.59 Å². The van der Waals surface area contributed by atoms with Gasteiger partial charge in [-0.1, -0.05) is 0 Å². The van der Waals surface area contributed by atoms with E-state index in [0.717, 1.165) is 0 Å². The van der Waals surface area contributed by atoms with Crippen molar-refractivity contribution in [3.05, 3.63) is 0 Å². The number of hydrogen-bond donors (Lipinski definition) is 4. The third-order valence-corrected chi connectivity index (χ3v) is 2.53. The van der Waals surface area contributed by atoms with Crippen LogP contribution in [0.1, 0.15) is 26.2 Å². The lowest BCUT2D eigenvalue weighted by atomic mass is 10.1. The van der Waals surface area contributed by atoms with Gasteiger partial charge < -0.3 is 26.2 Å². The summed E-state index contributed by atoms with van der Waals surface area (Å²) in [6, 6.07) is -1.68. The SMILES string of the molecule is CCN(CCCO)C(=O)NC(CCC(N)=O)C(=O)O. The number of carboxylic acids is 1. The van der Waals surface area contributed by atoms with Gasteiger partial charge >= 0.3 is 12.0 Å². The summed E-state index contributed by atoms with van der Waals surface area (Å²) in [6.45, 7) is 2.43. The first-order chi connectivity index (χ1) is 8.92. The van der Waals surface area contributed by atoms with Crippen LogP contribution in [0.4, 0.5) is 4.79 Å². The molecule has 0 aliphatic rings. The molecule has 19 heavy (non-hydrogen) atoms. The molecular weight excluding hydrogens is 254 g/mol. The number of nitrogens with one attached hydrogen (secondary N) is 1. The number of carbonyl (C=O) groups excluding carboxylic acids is 2. The minimum Gasteiger partial charge on any atom is -0.480 e. The van der Waals surface area contributed by atoms with E-state index in [1.54, 1.807) is 6.92 Å². The average molecular weight is 275 g/mol. The van der Waals surface area contributed by atoms with Crippen LogP contribution in [0.3, 0.4) is 0 Å². The molecule has 0 aromatic carbocycles. The Morgan fingerprint density at radius 1 is 1.37 bits per heavy atom. The highest BCUT2D eigenvalue weighted by Gasteiger charge is 2.22. The van der Waals surface area contributed by atoms with Gasteiger partial charge in [-0.15, -0.1) is 0 Å². The Kier molecular flexibility index (Phi) is 8.27. The lowest BCUT2D eigenvalue weighted by Gasteiger charge is -2.23. The Labute approximate surface area is 111 Å². The fourth-order valence-electron chi connectivity index (χ4n) is 1.45. The van der Waals surface area contributed by atoms with Gasteiger partial charge in [0.25, 0.3) is 0 Å². The largest absolute Gasteiger partial charge is 0.480 e. The molecule has 0 aliphatic carbocycles. The van der Waals surface area contributed by atoms with Crippen LogP contribution in [0.15, 0.2) is 0 Å². The summed E-state index contributed by atoms with van der Waals surface area (Å²) in [4.78, 5) is 34.7. The highest BCUT2D eigenvalue weighted by atomic mass is 16.4. The number of rotatable bonds is 9. The second-order valence-corrected chi connectivity index (χ2v) is 4.00. The van der Waals surface area contributed by atoms with E-state index >= 15 is 0 Å². The van der Waals surface area contributed by atoms with E-state index in [9.17, 15) is 14.4 Å². The Balaban J connectivity index is 4.42. The van der Waals surface area contributed by atoms with E-state index in [2.05, 4.69) is 5.32 Å². The molecule has 0 aromatic heterocycles. The van der Waals surface area contributed by atoms with E-state index in [0.29, 0.717) is 19.5 Å². The van der Waals surface area contributed by atoms with Gasteiger partial charge in [0.1, 0.15) is 6.04 Å². The summed E-state index contributed by atoms with van der Waals surface area (Å²) < 4.78 is 0. The Bertz CT molecular complexity index is 321. The molecule has 0 radical (unpaired) electrons. The summed E-state index contributed by atoms with van der Waals surface area (Å²) in [5, 5.41) is 20.0. The number of carboxylic acid groups (broad SMARTS) is 1. The number of carbonyl (C=O) groups is 3. The second-order valence-electron chi connectivity index (χ2n) is 4.00. The van der Waals surface area contributed by atoms with Crippen LogP contribution in [0, 0.1) is 0 Å². The first-order valence-corrected chi connectivity index (χ1v) is 6.09. The van der Waals surface area contributed by atoms with Crippen molar-refractivity contribution < 1.29 is 24.6 Å². The fourth-order valence-corrected chi connectivity index (χ4v) is 1.45. The Morgan fingerprint density at radius 2 is 2.00 bits per heavy atom. The number of urea groups is 1. The number of aliphatic hydroxyl groups is 1. The molecule has 5 N–H and O–H groups in total. The van der Waals surface area contributed by atoms with Gasteiger partial charge in [-0.3, -0.25) is 4.79 Å². The molecule has 8 heteroatoms. The average Bonchev–Trinajstić information content (AvgIpc) is 2.34. The zero-order chi connectivity index (χ0) is 14.8. The van der Waals surface area contributed by atoms with Crippen LogP contribution in [0.2, 0.25) is 0 Å². The molecule has 0 spiro atoms. The van der Waals surface area contributed by atoms with Gasteiger partial charge in [-0.2, -0.15) is 0 Å². The first-order valence-electron chi connectivity index (χ1n) is 6.09. The zero-order valence-electron chi connectivity index (χ0n) is 11.0. The van der Waals surface area contributed by atoms with Crippen molar-refractivity contribution in [2.75, 3.05) is 19.7 Å². The molecule has 0 saturated heterocycles. The molecular formula is C11H21N3O5. The molecule has 8 nitrogen and oxygen atoms in total. The van der Waals surface area contributed by atoms with Gasteiger partial charge in [0.15, 0.2) is 0 Å². The highest BCUT2D eigenvalue weighted by Crippen LogP contribution is 2.00. The van der Waals surface area contributed by atoms with Gasteiger partial charge in [0.05, 0.1) is 0 Å². The number of hydrogen-bond acceptors (Lipinski definition) is 4. The molecule has 0 bridgehead atoms. The third-order valence-electron chi connectivity index (χ3n) is 2.53. The van der Waals surface area contributed by atoms with E-state index < -0.39 is 23.9 Å². The van der Waals surface area contributed by atoms with E-state index in [4.69, 9.17) is 15.9 Å². The molecule has 0 aliphatic heterocycles. The van der Waals surface area contributed by atoms with E-state index in [1.165, 1.54) is 4.90 Å². The van der Waals surface area contributed by atoms with Crippen molar-refractivity contribution in [1.82, 2.24) is 10.2 Å². The second kappa shape index (κ2) is 9.15. The van der Waals surface area contributed by atoms with Crippen molar-refractivity contribution in [2.45, 2.75) is 32.2 Å². The number of aliphatic carboxylic acids is 1. The number of nitrogens with zero attached hydrogens (tertiary/aromatic N) is 1. The monoisotopic (exact) mass is 275 g/mol. The highest BCUT2D eigenvalue weighted by molar-refractivity contribution is 5.83. The van der Waals surface area contributed by atoms with Gasteiger partial charge in [-0.25, -0.2) is 9.59 Å². The standard InChI is InChI=1S/C11H21N3O5/c1-2-14(6-3-7-15)11(19)13-8(10(17)18)4-5-9(12)16/h8,15H,2-7H2,1H3,(H2,12,16)(H,13,19)(H,17,18). The normalized spacial score (nSPS) is 11.7. The number of nitrogens with two attached hydrogens (primary N) is 1. The first kappa shape index (κ1) is 17.2. The molecule has 1 unspecified atom stereocenters. The van der Waals surface area contributed by atoms with Gasteiger partial charge in [0, 0.05) is 26.1 Å². The molecule has 110 valence electrons.